The average Bonchev–Trinajstić information content (AvgIpc) is 2.99. The van der Waals surface area contributed by atoms with Gasteiger partial charge in [-0.2, -0.15) is 0 Å². The zero-order valence-electron chi connectivity index (χ0n) is 13.6. The van der Waals surface area contributed by atoms with E-state index in [2.05, 4.69) is 18.3 Å². The Bertz CT molecular complexity index is 576. The van der Waals surface area contributed by atoms with E-state index in [0.717, 1.165) is 55.8 Å². The average molecular weight is 337 g/mol. The molecule has 0 saturated carbocycles. The highest BCUT2D eigenvalue weighted by atomic mass is 35.5. The molecule has 5 heteroatoms. The minimum absolute atomic E-state index is 0.00423. The lowest BCUT2D eigenvalue weighted by Crippen LogP contribution is -2.48. The van der Waals surface area contributed by atoms with E-state index in [9.17, 15) is 9.90 Å². The molecule has 1 saturated heterocycles. The van der Waals surface area contributed by atoms with Crippen molar-refractivity contribution in [2.45, 2.75) is 45.1 Å². The second kappa shape index (κ2) is 6.70. The van der Waals surface area contributed by atoms with Gasteiger partial charge in [-0.25, -0.2) is 4.79 Å². The molecule has 3 rings (SSSR count). The van der Waals surface area contributed by atoms with Gasteiger partial charge >= 0.3 is 6.03 Å². The van der Waals surface area contributed by atoms with Crippen LogP contribution in [0.4, 0.5) is 4.79 Å². The number of rotatable bonds is 3. The summed E-state index contributed by atoms with van der Waals surface area (Å²) < 4.78 is 0. The van der Waals surface area contributed by atoms with Crippen molar-refractivity contribution in [1.29, 1.82) is 0 Å². The number of aliphatic hydroxyl groups excluding tert-OH is 1. The van der Waals surface area contributed by atoms with Gasteiger partial charge < -0.3 is 15.3 Å². The Morgan fingerprint density at radius 1 is 1.43 bits per heavy atom. The third kappa shape index (κ3) is 3.20. The van der Waals surface area contributed by atoms with Crippen LogP contribution in [0.2, 0.25) is 5.02 Å². The molecule has 0 bridgehead atoms. The van der Waals surface area contributed by atoms with Gasteiger partial charge in [-0.05, 0) is 54.7 Å². The number of carbonyl (C=O) groups excluding carboxylic acids is 1. The van der Waals surface area contributed by atoms with Crippen molar-refractivity contribution in [1.82, 2.24) is 10.2 Å². The number of fused-ring (bicyclic) bond motifs is 1. The van der Waals surface area contributed by atoms with E-state index in [1.807, 2.05) is 17.0 Å². The molecule has 1 atom stereocenters. The number of hydrogen-bond donors (Lipinski definition) is 2. The maximum atomic E-state index is 12.6. The molecular formula is C18H25ClN2O2. The number of halogens is 1. The van der Waals surface area contributed by atoms with Crippen LogP contribution in [0.5, 0.6) is 0 Å². The van der Waals surface area contributed by atoms with Crippen LogP contribution < -0.4 is 5.32 Å². The van der Waals surface area contributed by atoms with Gasteiger partial charge in [0.05, 0.1) is 6.04 Å². The zero-order chi connectivity index (χ0) is 16.4. The molecular weight excluding hydrogens is 312 g/mol. The van der Waals surface area contributed by atoms with E-state index < -0.39 is 0 Å². The molecule has 2 N–H and O–H groups in total. The number of hydrogen-bond acceptors (Lipinski definition) is 2. The molecule has 1 aromatic rings. The number of urea groups is 1. The first-order chi connectivity index (χ1) is 11.1. The number of amides is 2. The van der Waals surface area contributed by atoms with Gasteiger partial charge in [0.15, 0.2) is 0 Å². The number of benzene rings is 1. The van der Waals surface area contributed by atoms with E-state index >= 15 is 0 Å². The van der Waals surface area contributed by atoms with Crippen LogP contribution in [0.3, 0.4) is 0 Å². The van der Waals surface area contributed by atoms with Gasteiger partial charge in [-0.3, -0.25) is 0 Å². The van der Waals surface area contributed by atoms with Crippen molar-refractivity contribution in [2.24, 2.45) is 5.41 Å². The minimum atomic E-state index is 0.00423. The molecule has 2 aliphatic rings. The fourth-order valence-corrected chi connectivity index (χ4v) is 4.08. The van der Waals surface area contributed by atoms with Gasteiger partial charge in [0.2, 0.25) is 0 Å². The van der Waals surface area contributed by atoms with E-state index in [4.69, 9.17) is 11.6 Å². The Kier molecular flexibility index (Phi) is 4.83. The van der Waals surface area contributed by atoms with Crippen molar-refractivity contribution in [2.75, 3.05) is 19.7 Å². The summed E-state index contributed by atoms with van der Waals surface area (Å²) in [5.41, 5.74) is 2.33. The highest BCUT2D eigenvalue weighted by Gasteiger charge is 2.35. The Balaban J connectivity index is 1.61. The SMILES string of the molecule is CCC1(CO)CCN(C(=O)NC2CCc3c(Cl)cccc32)CC1. The first-order valence-corrected chi connectivity index (χ1v) is 8.90. The summed E-state index contributed by atoms with van der Waals surface area (Å²) >= 11 is 6.24. The lowest BCUT2D eigenvalue weighted by molar-refractivity contribution is 0.0515. The quantitative estimate of drug-likeness (QED) is 0.887. The molecule has 2 amide bonds. The number of nitrogens with one attached hydrogen (secondary N) is 1. The summed E-state index contributed by atoms with van der Waals surface area (Å²) in [5.74, 6) is 0. The van der Waals surface area contributed by atoms with Crippen LogP contribution in [0.15, 0.2) is 18.2 Å². The van der Waals surface area contributed by atoms with Gasteiger partial charge in [0, 0.05) is 24.7 Å². The van der Waals surface area contributed by atoms with Crippen LogP contribution in [-0.4, -0.2) is 35.7 Å². The lowest BCUT2D eigenvalue weighted by Gasteiger charge is -2.40. The Hall–Kier alpha value is -1.26. The molecule has 0 spiro atoms. The van der Waals surface area contributed by atoms with Crippen LogP contribution >= 0.6 is 11.6 Å². The highest BCUT2D eigenvalue weighted by molar-refractivity contribution is 6.31. The summed E-state index contributed by atoms with van der Waals surface area (Å²) in [6.45, 7) is 3.77. The molecule has 1 aromatic carbocycles. The number of carbonyl (C=O) groups is 1. The normalized spacial score (nSPS) is 22.7. The number of nitrogens with zero attached hydrogens (tertiary/aromatic N) is 1. The summed E-state index contributed by atoms with van der Waals surface area (Å²) in [6.07, 6.45) is 4.55. The summed E-state index contributed by atoms with van der Waals surface area (Å²) in [7, 11) is 0. The summed E-state index contributed by atoms with van der Waals surface area (Å²) in [6, 6.07) is 5.98. The third-order valence-electron chi connectivity index (χ3n) is 5.71. The Labute approximate surface area is 142 Å². The number of likely N-dealkylation sites (tertiary alicyclic amines) is 1. The summed E-state index contributed by atoms with van der Waals surface area (Å²) in [4.78, 5) is 14.4. The molecule has 1 aliphatic heterocycles. The monoisotopic (exact) mass is 336 g/mol. The van der Waals surface area contributed by atoms with E-state index in [1.165, 1.54) is 5.56 Å². The molecule has 1 fully saturated rings. The van der Waals surface area contributed by atoms with Gasteiger partial charge in [-0.1, -0.05) is 30.7 Å². The second-order valence-corrected chi connectivity index (χ2v) is 7.25. The topological polar surface area (TPSA) is 52.6 Å². The van der Waals surface area contributed by atoms with Crippen molar-refractivity contribution < 1.29 is 9.90 Å². The van der Waals surface area contributed by atoms with E-state index in [1.54, 1.807) is 0 Å². The smallest absolute Gasteiger partial charge is 0.317 e. The predicted molar refractivity (Wildman–Crippen MR) is 91.7 cm³/mol. The molecule has 0 aromatic heterocycles. The lowest BCUT2D eigenvalue weighted by atomic mass is 9.77. The highest BCUT2D eigenvalue weighted by Crippen LogP contribution is 2.37. The van der Waals surface area contributed by atoms with Crippen LogP contribution in [0.1, 0.15) is 49.8 Å². The van der Waals surface area contributed by atoms with Gasteiger partial charge in [-0.15, -0.1) is 0 Å². The standard InChI is InChI=1S/C18H25ClN2O2/c1-2-18(12-22)8-10-21(11-9-18)17(23)20-16-7-6-13-14(16)4-3-5-15(13)19/h3-5,16,22H,2,6-12H2,1H3,(H,20,23). The van der Waals surface area contributed by atoms with Crippen LogP contribution in [0, 0.1) is 5.41 Å². The molecule has 1 heterocycles. The maximum Gasteiger partial charge on any atom is 0.317 e. The van der Waals surface area contributed by atoms with Gasteiger partial charge in [0.25, 0.3) is 0 Å². The number of aliphatic hydroxyl groups is 1. The predicted octanol–water partition coefficient (Wildman–Crippen LogP) is 3.52. The first kappa shape index (κ1) is 16.6. The fourth-order valence-electron chi connectivity index (χ4n) is 3.81. The van der Waals surface area contributed by atoms with Crippen LogP contribution in [-0.2, 0) is 6.42 Å². The third-order valence-corrected chi connectivity index (χ3v) is 6.06. The van der Waals surface area contributed by atoms with Crippen LogP contribution in [0.25, 0.3) is 0 Å². The largest absolute Gasteiger partial charge is 0.396 e. The molecule has 1 aliphatic carbocycles. The van der Waals surface area contributed by atoms with E-state index in [0.29, 0.717) is 0 Å². The molecule has 23 heavy (non-hydrogen) atoms. The minimum Gasteiger partial charge on any atom is -0.396 e. The molecule has 126 valence electrons. The molecule has 4 nitrogen and oxygen atoms in total. The first-order valence-electron chi connectivity index (χ1n) is 8.52. The maximum absolute atomic E-state index is 12.6. The number of piperidine rings is 1. The van der Waals surface area contributed by atoms with Crippen molar-refractivity contribution in [3.05, 3.63) is 34.3 Å². The Morgan fingerprint density at radius 2 is 2.17 bits per heavy atom. The van der Waals surface area contributed by atoms with Crippen molar-refractivity contribution in [3.8, 4) is 0 Å². The van der Waals surface area contributed by atoms with E-state index in [-0.39, 0.29) is 24.1 Å². The molecule has 1 unspecified atom stereocenters. The van der Waals surface area contributed by atoms with Crippen molar-refractivity contribution >= 4 is 17.6 Å². The van der Waals surface area contributed by atoms with Crippen molar-refractivity contribution in [3.63, 3.8) is 0 Å². The Morgan fingerprint density at radius 3 is 2.83 bits per heavy atom. The second-order valence-electron chi connectivity index (χ2n) is 6.85. The zero-order valence-corrected chi connectivity index (χ0v) is 14.4. The van der Waals surface area contributed by atoms with Gasteiger partial charge in [0.1, 0.15) is 0 Å². The summed E-state index contributed by atoms with van der Waals surface area (Å²) in [5, 5.41) is 13.6. The fraction of sp³-hybridized carbons (Fsp3) is 0.611. The molecule has 0 radical (unpaired) electrons.